The summed E-state index contributed by atoms with van der Waals surface area (Å²) in [6, 6.07) is 10.3. The maximum Gasteiger partial charge on any atom is 0.204 e. The Morgan fingerprint density at radius 1 is 1.27 bits per heavy atom. The first kappa shape index (κ1) is 21.7. The van der Waals surface area contributed by atoms with Crippen LogP contribution >= 0.6 is 0 Å². The lowest BCUT2D eigenvalue weighted by Gasteiger charge is -1.93. The highest BCUT2D eigenvalue weighted by molar-refractivity contribution is 5.48. The van der Waals surface area contributed by atoms with Crippen LogP contribution in [0.4, 0.5) is 0 Å². The third-order valence-electron chi connectivity index (χ3n) is 2.25. The lowest BCUT2D eigenvalue weighted by Crippen LogP contribution is -1.97. The third-order valence-corrected chi connectivity index (χ3v) is 2.25. The Balaban J connectivity index is 0. The van der Waals surface area contributed by atoms with Gasteiger partial charge in [0.05, 0.1) is 6.10 Å². The topological polar surface area (TPSA) is 63.3 Å². The second-order valence-electron chi connectivity index (χ2n) is 4.03. The van der Waals surface area contributed by atoms with Gasteiger partial charge in [0, 0.05) is 6.42 Å². The number of aliphatic hydroxyl groups is 1. The van der Waals surface area contributed by atoms with Gasteiger partial charge in [0.1, 0.15) is 0 Å². The number of amides is 1. The van der Waals surface area contributed by atoms with Crippen LogP contribution < -0.4 is 5.73 Å². The number of rotatable bonds is 6. The van der Waals surface area contributed by atoms with Crippen molar-refractivity contribution in [2.24, 2.45) is 5.73 Å². The smallest absolute Gasteiger partial charge is 0.204 e. The van der Waals surface area contributed by atoms with E-state index in [0.717, 1.165) is 12.8 Å². The molecule has 3 heteroatoms. The summed E-state index contributed by atoms with van der Waals surface area (Å²) in [5, 5.41) is 8.60. The van der Waals surface area contributed by atoms with E-state index in [4.69, 9.17) is 16.3 Å². The number of nitrogens with two attached hydrogens (primary N) is 1. The second-order valence-corrected chi connectivity index (χ2v) is 4.03. The number of carbonyl (C=O) groups is 1. The quantitative estimate of drug-likeness (QED) is 0.366. The maximum atomic E-state index is 8.60. The van der Waals surface area contributed by atoms with Crippen molar-refractivity contribution in [1.29, 1.82) is 0 Å². The summed E-state index contributed by atoms with van der Waals surface area (Å²) < 4.78 is 0. The van der Waals surface area contributed by atoms with E-state index in [1.165, 1.54) is 11.6 Å². The Morgan fingerprint density at radius 3 is 2.27 bits per heavy atom. The van der Waals surface area contributed by atoms with E-state index in [-0.39, 0.29) is 6.41 Å². The van der Waals surface area contributed by atoms with Gasteiger partial charge in [-0.2, -0.15) is 0 Å². The van der Waals surface area contributed by atoms with Crippen LogP contribution in [-0.4, -0.2) is 17.6 Å². The van der Waals surface area contributed by atoms with Gasteiger partial charge in [-0.15, -0.1) is 25.5 Å². The normalized spacial score (nSPS) is 10.0. The summed E-state index contributed by atoms with van der Waals surface area (Å²) in [4.78, 5) is 8.58. The molecule has 0 aliphatic heterocycles. The maximum absolute atomic E-state index is 8.60. The minimum atomic E-state index is -0.523. The molecule has 0 aromatic heterocycles. The molecule has 1 unspecified atom stereocenters. The number of unbranched alkanes of at least 4 members (excludes halogenated alkanes) is 1. The predicted octanol–water partition coefficient (Wildman–Crippen LogP) is 3.32. The van der Waals surface area contributed by atoms with Crippen molar-refractivity contribution >= 4 is 12.5 Å². The second kappa shape index (κ2) is 18.4. The zero-order valence-corrected chi connectivity index (χ0v) is 12.9. The molecule has 0 saturated heterocycles. The molecule has 0 bridgehead atoms. The lowest BCUT2D eigenvalue weighted by molar-refractivity contribution is -0.106. The van der Waals surface area contributed by atoms with Gasteiger partial charge < -0.3 is 10.8 Å². The van der Waals surface area contributed by atoms with Crippen LogP contribution in [0.5, 0.6) is 0 Å². The number of carbonyl (C=O) groups excluding carboxylic acids is 1. The van der Waals surface area contributed by atoms with Gasteiger partial charge in [-0.1, -0.05) is 54.6 Å². The van der Waals surface area contributed by atoms with Crippen LogP contribution in [0.25, 0.3) is 6.08 Å². The van der Waals surface area contributed by atoms with Gasteiger partial charge >= 0.3 is 0 Å². The van der Waals surface area contributed by atoms with E-state index in [0.29, 0.717) is 6.42 Å². The van der Waals surface area contributed by atoms with Gasteiger partial charge in [-0.05, 0) is 18.4 Å². The van der Waals surface area contributed by atoms with Crippen molar-refractivity contribution in [3.63, 3.8) is 0 Å². The summed E-state index contributed by atoms with van der Waals surface area (Å²) >= 11 is 0. The van der Waals surface area contributed by atoms with Crippen molar-refractivity contribution in [2.75, 3.05) is 0 Å². The molecule has 0 aliphatic rings. The molecule has 3 nitrogen and oxygen atoms in total. The van der Waals surface area contributed by atoms with Crippen molar-refractivity contribution in [3.05, 3.63) is 67.3 Å². The zero-order valence-electron chi connectivity index (χ0n) is 12.9. The summed E-state index contributed by atoms with van der Waals surface area (Å²) in [6.07, 6.45) is 14.8. The van der Waals surface area contributed by atoms with E-state index in [1.807, 2.05) is 24.3 Å². The van der Waals surface area contributed by atoms with Crippen LogP contribution in [0.3, 0.4) is 0 Å². The van der Waals surface area contributed by atoms with E-state index in [9.17, 15) is 0 Å². The molecule has 1 rings (SSSR count). The number of benzene rings is 1. The molecule has 0 aliphatic carbocycles. The first-order valence-corrected chi connectivity index (χ1v) is 6.88. The minimum absolute atomic E-state index is 0.250. The van der Waals surface area contributed by atoms with Gasteiger partial charge in [0.15, 0.2) is 0 Å². The average Bonchev–Trinajstić information content (AvgIpc) is 2.54. The molecule has 1 amide bonds. The summed E-state index contributed by atoms with van der Waals surface area (Å²) in [7, 11) is 0. The summed E-state index contributed by atoms with van der Waals surface area (Å²) in [5.41, 5.74) is 5.43. The Kier molecular flexibility index (Phi) is 18.2. The number of hydrogen-bond donors (Lipinski definition) is 2. The molecule has 0 fully saturated rings. The van der Waals surface area contributed by atoms with Crippen LogP contribution in [0, 0.1) is 12.3 Å². The van der Waals surface area contributed by atoms with E-state index < -0.39 is 6.10 Å². The molecule has 0 spiro atoms. The molecular formula is C19H25NO2. The minimum Gasteiger partial charge on any atom is -0.388 e. The fraction of sp³-hybridized carbons (Fsp3) is 0.211. The van der Waals surface area contributed by atoms with Crippen molar-refractivity contribution < 1.29 is 9.90 Å². The first-order chi connectivity index (χ1) is 10.7. The van der Waals surface area contributed by atoms with Crippen LogP contribution in [0.15, 0.2) is 61.7 Å². The molecule has 1 aromatic carbocycles. The molecular weight excluding hydrogens is 274 g/mol. The highest BCUT2D eigenvalue weighted by Crippen LogP contribution is 2.02. The number of terminal acetylenes is 1. The fourth-order valence-corrected chi connectivity index (χ4v) is 1.20. The standard InChI is InChI=1S/C12H14.C6H8O.CH3NO/c1-2-3-4-6-9-12-10-7-5-8-11-12;1-3-5-6(7)4-2;2-1-3/h2,5-11H,1,3-4H2;1,4,6-7H,2,5H2;1H,(H2,2,3). The van der Waals surface area contributed by atoms with Gasteiger partial charge in [-0.25, -0.2) is 0 Å². The van der Waals surface area contributed by atoms with Gasteiger partial charge in [-0.3, -0.25) is 4.79 Å². The van der Waals surface area contributed by atoms with Crippen molar-refractivity contribution in [1.82, 2.24) is 0 Å². The molecule has 1 aromatic rings. The largest absolute Gasteiger partial charge is 0.388 e. The highest BCUT2D eigenvalue weighted by Gasteiger charge is 1.89. The summed E-state index contributed by atoms with van der Waals surface area (Å²) in [6.45, 7) is 7.01. The molecule has 3 N–H and O–H groups in total. The predicted molar refractivity (Wildman–Crippen MR) is 94.8 cm³/mol. The first-order valence-electron chi connectivity index (χ1n) is 6.88. The van der Waals surface area contributed by atoms with Crippen molar-refractivity contribution in [2.45, 2.75) is 25.4 Å². The SMILES string of the molecule is C#CCC(O)C=C.C=CCCC=Cc1ccccc1.NC=O. The summed E-state index contributed by atoms with van der Waals surface area (Å²) in [5.74, 6) is 2.30. The van der Waals surface area contributed by atoms with E-state index in [2.05, 4.69) is 49.1 Å². The number of aliphatic hydroxyl groups excluding tert-OH is 1. The molecule has 1 atom stereocenters. The van der Waals surface area contributed by atoms with Crippen LogP contribution in [0.2, 0.25) is 0 Å². The lowest BCUT2D eigenvalue weighted by atomic mass is 10.2. The third kappa shape index (κ3) is 17.4. The number of allylic oxidation sites excluding steroid dienone is 2. The zero-order chi connectivity index (χ0) is 17.1. The van der Waals surface area contributed by atoms with Gasteiger partial charge in [0.25, 0.3) is 0 Å². The van der Waals surface area contributed by atoms with Crippen molar-refractivity contribution in [3.8, 4) is 12.3 Å². The number of hydrogen-bond acceptors (Lipinski definition) is 2. The molecule has 118 valence electrons. The van der Waals surface area contributed by atoms with Crippen LogP contribution in [0.1, 0.15) is 24.8 Å². The highest BCUT2D eigenvalue weighted by atomic mass is 16.3. The molecule has 0 radical (unpaired) electrons. The Bertz CT molecular complexity index is 458. The number of primary amides is 1. The fourth-order valence-electron chi connectivity index (χ4n) is 1.20. The average molecular weight is 299 g/mol. The van der Waals surface area contributed by atoms with E-state index >= 15 is 0 Å². The Morgan fingerprint density at radius 2 is 1.86 bits per heavy atom. The van der Waals surface area contributed by atoms with Gasteiger partial charge in [0.2, 0.25) is 6.41 Å². The Hall–Kier alpha value is -2.57. The molecule has 0 heterocycles. The van der Waals surface area contributed by atoms with E-state index in [1.54, 1.807) is 0 Å². The monoisotopic (exact) mass is 299 g/mol. The Labute approximate surface area is 133 Å². The van der Waals surface area contributed by atoms with Crippen LogP contribution in [-0.2, 0) is 4.79 Å². The molecule has 22 heavy (non-hydrogen) atoms. The molecule has 0 saturated carbocycles.